The van der Waals surface area contributed by atoms with E-state index < -0.39 is 10.0 Å². The Morgan fingerprint density at radius 3 is 2.59 bits per heavy atom. The van der Waals surface area contributed by atoms with Crippen LogP contribution in [0.15, 0.2) is 52.3 Å². The van der Waals surface area contributed by atoms with Gasteiger partial charge in [0.15, 0.2) is 0 Å². The normalized spacial score (nSPS) is 15.2. The smallest absolute Gasteiger partial charge is 0.251 e. The number of carbonyl (C=O) groups is 1. The van der Waals surface area contributed by atoms with E-state index in [2.05, 4.69) is 37.4 Å². The van der Waals surface area contributed by atoms with Crippen LogP contribution >= 0.6 is 11.8 Å². The van der Waals surface area contributed by atoms with Gasteiger partial charge in [-0.1, -0.05) is 12.1 Å². The monoisotopic (exact) mass is 434 g/mol. The lowest BCUT2D eigenvalue weighted by Crippen LogP contribution is -2.40. The Morgan fingerprint density at radius 1 is 1.10 bits per heavy atom. The summed E-state index contributed by atoms with van der Waals surface area (Å²) in [6, 6.07) is 12.5. The molecule has 0 radical (unpaired) electrons. The summed E-state index contributed by atoms with van der Waals surface area (Å²) in [7, 11) is -3.62. The van der Waals surface area contributed by atoms with E-state index in [4.69, 9.17) is 4.74 Å². The van der Waals surface area contributed by atoms with Crippen molar-refractivity contribution < 1.29 is 17.9 Å². The second-order valence-corrected chi connectivity index (χ2v) is 10.0. The van der Waals surface area contributed by atoms with Gasteiger partial charge in [-0.2, -0.15) is 4.31 Å². The lowest BCUT2D eigenvalue weighted by atomic mass is 10.1. The number of aryl methyl sites for hydroxylation is 2. The lowest BCUT2D eigenvalue weighted by molar-refractivity contribution is 0.0730. The molecule has 8 heteroatoms. The maximum atomic E-state index is 12.8. The van der Waals surface area contributed by atoms with Crippen LogP contribution in [0.1, 0.15) is 21.5 Å². The highest BCUT2D eigenvalue weighted by Crippen LogP contribution is 2.21. The molecule has 0 atom stereocenters. The van der Waals surface area contributed by atoms with Gasteiger partial charge in [0.25, 0.3) is 5.91 Å². The highest BCUT2D eigenvalue weighted by molar-refractivity contribution is 7.99. The third-order valence-electron chi connectivity index (χ3n) is 4.84. The SMILES string of the molecule is Cc1ccc(SCCNC(=O)c2cccc(S(=O)(=O)N3CCOCC3)c2)cc1C. The number of hydrogen-bond donors (Lipinski definition) is 1. The number of amides is 1. The van der Waals surface area contributed by atoms with Gasteiger partial charge in [-0.15, -0.1) is 11.8 Å². The maximum absolute atomic E-state index is 12.8. The number of morpholine rings is 1. The van der Waals surface area contributed by atoms with Crippen molar-refractivity contribution in [2.75, 3.05) is 38.6 Å². The summed E-state index contributed by atoms with van der Waals surface area (Å²) in [5.41, 5.74) is 2.85. The van der Waals surface area contributed by atoms with E-state index in [0.29, 0.717) is 38.4 Å². The number of thioether (sulfide) groups is 1. The van der Waals surface area contributed by atoms with Crippen LogP contribution in [0.4, 0.5) is 0 Å². The third-order valence-corrected chi connectivity index (χ3v) is 7.73. The van der Waals surface area contributed by atoms with Gasteiger partial charge in [-0.05, 0) is 55.3 Å². The highest BCUT2D eigenvalue weighted by Gasteiger charge is 2.26. The Labute approximate surface area is 176 Å². The van der Waals surface area contributed by atoms with Gasteiger partial charge >= 0.3 is 0 Å². The molecule has 6 nitrogen and oxygen atoms in total. The molecule has 1 aliphatic rings. The molecule has 3 rings (SSSR count). The fraction of sp³-hybridized carbons (Fsp3) is 0.381. The van der Waals surface area contributed by atoms with Crippen LogP contribution in [0, 0.1) is 13.8 Å². The molecule has 1 aliphatic heterocycles. The average molecular weight is 435 g/mol. The van der Waals surface area contributed by atoms with Crippen molar-refractivity contribution in [1.82, 2.24) is 9.62 Å². The largest absolute Gasteiger partial charge is 0.379 e. The number of benzene rings is 2. The summed E-state index contributed by atoms with van der Waals surface area (Å²) in [5.74, 6) is 0.463. The van der Waals surface area contributed by atoms with Gasteiger partial charge < -0.3 is 10.1 Å². The van der Waals surface area contributed by atoms with Crippen LogP contribution in [0.2, 0.25) is 0 Å². The average Bonchev–Trinajstić information content (AvgIpc) is 2.74. The van der Waals surface area contributed by atoms with Crippen molar-refractivity contribution in [2.45, 2.75) is 23.6 Å². The zero-order valence-electron chi connectivity index (χ0n) is 16.7. The highest BCUT2D eigenvalue weighted by atomic mass is 32.2. The minimum atomic E-state index is -3.62. The lowest BCUT2D eigenvalue weighted by Gasteiger charge is -2.26. The minimum Gasteiger partial charge on any atom is -0.379 e. The Balaban J connectivity index is 1.57. The molecule has 156 valence electrons. The molecule has 0 aliphatic carbocycles. The van der Waals surface area contributed by atoms with Crippen LogP contribution in [0.25, 0.3) is 0 Å². The molecule has 1 fully saturated rings. The van der Waals surface area contributed by atoms with E-state index in [0.717, 1.165) is 5.75 Å². The predicted molar refractivity (Wildman–Crippen MR) is 115 cm³/mol. The Hall–Kier alpha value is -1.87. The van der Waals surface area contributed by atoms with E-state index in [1.165, 1.54) is 32.5 Å². The van der Waals surface area contributed by atoms with Crippen LogP contribution in [-0.2, 0) is 14.8 Å². The number of hydrogen-bond acceptors (Lipinski definition) is 5. The molecule has 2 aromatic carbocycles. The maximum Gasteiger partial charge on any atom is 0.251 e. The molecular weight excluding hydrogens is 408 g/mol. The number of ether oxygens (including phenoxy) is 1. The first kappa shape index (κ1) is 21.8. The van der Waals surface area contributed by atoms with Gasteiger partial charge in [-0.3, -0.25) is 4.79 Å². The van der Waals surface area contributed by atoms with Crippen molar-refractivity contribution in [3.05, 3.63) is 59.2 Å². The predicted octanol–water partition coefficient (Wildman–Crippen LogP) is 2.85. The van der Waals surface area contributed by atoms with Crippen LogP contribution in [0.5, 0.6) is 0 Å². The summed E-state index contributed by atoms with van der Waals surface area (Å²) >= 11 is 1.68. The molecule has 1 amide bonds. The Bertz CT molecular complexity index is 970. The Kier molecular flexibility index (Phi) is 7.34. The summed E-state index contributed by atoms with van der Waals surface area (Å²) in [6.07, 6.45) is 0. The van der Waals surface area contributed by atoms with Gasteiger partial charge in [0.1, 0.15) is 0 Å². The number of nitrogens with one attached hydrogen (secondary N) is 1. The first-order valence-electron chi connectivity index (χ1n) is 9.54. The van der Waals surface area contributed by atoms with Crippen molar-refractivity contribution >= 4 is 27.7 Å². The quantitative estimate of drug-likeness (QED) is 0.536. The van der Waals surface area contributed by atoms with Crippen molar-refractivity contribution in [2.24, 2.45) is 0 Å². The van der Waals surface area contributed by atoms with E-state index in [1.807, 2.05) is 0 Å². The van der Waals surface area contributed by atoms with Crippen molar-refractivity contribution in [3.63, 3.8) is 0 Å². The second kappa shape index (κ2) is 9.75. The second-order valence-electron chi connectivity index (χ2n) is 6.89. The molecule has 0 spiro atoms. The van der Waals surface area contributed by atoms with Gasteiger partial charge in [0.05, 0.1) is 18.1 Å². The molecule has 1 N–H and O–H groups in total. The molecule has 2 aromatic rings. The van der Waals surface area contributed by atoms with Crippen molar-refractivity contribution in [3.8, 4) is 0 Å². The summed E-state index contributed by atoms with van der Waals surface area (Å²) in [5, 5.41) is 2.87. The topological polar surface area (TPSA) is 75.7 Å². The number of sulfonamides is 1. The van der Waals surface area contributed by atoms with E-state index >= 15 is 0 Å². The molecule has 29 heavy (non-hydrogen) atoms. The number of nitrogens with zero attached hydrogens (tertiary/aromatic N) is 1. The zero-order valence-corrected chi connectivity index (χ0v) is 18.3. The zero-order chi connectivity index (χ0) is 20.9. The first-order chi connectivity index (χ1) is 13.9. The van der Waals surface area contributed by atoms with Crippen molar-refractivity contribution in [1.29, 1.82) is 0 Å². The van der Waals surface area contributed by atoms with E-state index in [-0.39, 0.29) is 10.8 Å². The fourth-order valence-corrected chi connectivity index (χ4v) is 5.29. The molecule has 1 heterocycles. The number of carbonyl (C=O) groups excluding carboxylic acids is 1. The standard InChI is InChI=1S/C21H26N2O4S2/c1-16-6-7-19(14-17(16)2)28-13-8-22-21(24)18-4-3-5-20(15-18)29(25,26)23-9-11-27-12-10-23/h3-7,14-15H,8-13H2,1-2H3,(H,22,24). The molecular formula is C21H26N2O4S2. The van der Waals surface area contributed by atoms with E-state index in [1.54, 1.807) is 23.9 Å². The van der Waals surface area contributed by atoms with E-state index in [9.17, 15) is 13.2 Å². The molecule has 0 unspecified atom stereocenters. The summed E-state index contributed by atoms with van der Waals surface area (Å²) < 4.78 is 32.1. The van der Waals surface area contributed by atoms with Crippen LogP contribution in [0.3, 0.4) is 0 Å². The van der Waals surface area contributed by atoms with Gasteiger partial charge in [0, 0.05) is 35.8 Å². The fourth-order valence-electron chi connectivity index (χ4n) is 2.97. The summed E-state index contributed by atoms with van der Waals surface area (Å²) in [6.45, 7) is 6.09. The summed E-state index contributed by atoms with van der Waals surface area (Å²) in [4.78, 5) is 13.8. The molecule has 0 saturated carbocycles. The van der Waals surface area contributed by atoms with Crippen LogP contribution in [-0.4, -0.2) is 57.2 Å². The Morgan fingerprint density at radius 2 is 1.86 bits per heavy atom. The first-order valence-corrected chi connectivity index (χ1v) is 12.0. The number of rotatable bonds is 7. The van der Waals surface area contributed by atoms with Gasteiger partial charge in [-0.25, -0.2) is 8.42 Å². The van der Waals surface area contributed by atoms with Crippen LogP contribution < -0.4 is 5.32 Å². The minimum absolute atomic E-state index is 0.136. The third kappa shape index (κ3) is 5.60. The molecule has 1 saturated heterocycles. The van der Waals surface area contributed by atoms with Gasteiger partial charge in [0.2, 0.25) is 10.0 Å². The molecule has 0 bridgehead atoms. The molecule has 0 aromatic heterocycles.